The van der Waals surface area contributed by atoms with Gasteiger partial charge in [0.1, 0.15) is 0 Å². The highest BCUT2D eigenvalue weighted by Crippen LogP contribution is 2.30. The van der Waals surface area contributed by atoms with E-state index in [-0.39, 0.29) is 5.91 Å². The Balaban J connectivity index is 1.65. The first-order valence-corrected chi connectivity index (χ1v) is 9.90. The van der Waals surface area contributed by atoms with Gasteiger partial charge in [-0.1, -0.05) is 0 Å². The summed E-state index contributed by atoms with van der Waals surface area (Å²) >= 11 is 3.27. The third-order valence-electron chi connectivity index (χ3n) is 3.68. The quantitative estimate of drug-likeness (QED) is 0.647. The molecule has 3 aromatic rings. The number of carbonyl (C=O) groups is 1. The lowest BCUT2D eigenvalue weighted by Gasteiger charge is -2.11. The van der Waals surface area contributed by atoms with Crippen molar-refractivity contribution in [3.63, 3.8) is 0 Å². The van der Waals surface area contributed by atoms with Crippen molar-refractivity contribution in [1.82, 2.24) is 10.3 Å². The Morgan fingerprint density at radius 3 is 2.77 bits per heavy atom. The first-order valence-electron chi connectivity index (χ1n) is 8.21. The Hall–Kier alpha value is -2.38. The van der Waals surface area contributed by atoms with Crippen LogP contribution in [0.4, 0.5) is 0 Å². The zero-order valence-electron chi connectivity index (χ0n) is 14.9. The highest BCUT2D eigenvalue weighted by molar-refractivity contribution is 7.16. The summed E-state index contributed by atoms with van der Waals surface area (Å²) in [6, 6.07) is 9.25. The molecule has 3 rings (SSSR count). The van der Waals surface area contributed by atoms with Crippen LogP contribution in [-0.4, -0.2) is 24.6 Å². The maximum Gasteiger partial charge on any atom is 0.251 e. The Morgan fingerprint density at radius 2 is 2.08 bits per heavy atom. The molecule has 5 nitrogen and oxygen atoms in total. The molecule has 0 atom stereocenters. The molecule has 0 unspecified atom stereocenters. The van der Waals surface area contributed by atoms with Crippen LogP contribution >= 0.6 is 22.7 Å². The average molecular weight is 389 g/mol. The molecule has 1 N–H and O–H groups in total. The SMILES string of the molecule is CCOc1ccc(C(=O)NCc2ccc(-c3csc(C)n3)s2)cc1OC. The fraction of sp³-hybridized carbons (Fsp3) is 0.263. The fourth-order valence-corrected chi connectivity index (χ4v) is 4.04. The zero-order valence-corrected chi connectivity index (χ0v) is 16.5. The van der Waals surface area contributed by atoms with E-state index in [2.05, 4.69) is 15.7 Å². The second kappa shape index (κ2) is 8.33. The van der Waals surface area contributed by atoms with Gasteiger partial charge in [-0.2, -0.15) is 0 Å². The van der Waals surface area contributed by atoms with Crippen LogP contribution in [0.2, 0.25) is 0 Å². The first kappa shape index (κ1) is 18.4. The normalized spacial score (nSPS) is 10.6. The molecule has 136 valence electrons. The van der Waals surface area contributed by atoms with Gasteiger partial charge < -0.3 is 14.8 Å². The Kier molecular flexibility index (Phi) is 5.90. The van der Waals surface area contributed by atoms with Gasteiger partial charge in [0, 0.05) is 15.8 Å². The number of hydrogen-bond acceptors (Lipinski definition) is 6. The number of amides is 1. The lowest BCUT2D eigenvalue weighted by Crippen LogP contribution is -2.22. The Labute approximate surface area is 160 Å². The summed E-state index contributed by atoms with van der Waals surface area (Å²) in [6.07, 6.45) is 0. The van der Waals surface area contributed by atoms with E-state index in [1.807, 2.05) is 26.0 Å². The van der Waals surface area contributed by atoms with E-state index in [0.29, 0.717) is 30.2 Å². The van der Waals surface area contributed by atoms with E-state index < -0.39 is 0 Å². The molecule has 0 saturated heterocycles. The topological polar surface area (TPSA) is 60.5 Å². The van der Waals surface area contributed by atoms with Gasteiger partial charge in [0.15, 0.2) is 11.5 Å². The highest BCUT2D eigenvalue weighted by Gasteiger charge is 2.12. The predicted molar refractivity (Wildman–Crippen MR) is 105 cm³/mol. The minimum atomic E-state index is -0.147. The van der Waals surface area contributed by atoms with Crippen LogP contribution in [0.1, 0.15) is 27.2 Å². The van der Waals surface area contributed by atoms with Crippen LogP contribution < -0.4 is 14.8 Å². The molecule has 2 heterocycles. The smallest absolute Gasteiger partial charge is 0.251 e. The molecule has 0 aliphatic heterocycles. The monoisotopic (exact) mass is 388 g/mol. The van der Waals surface area contributed by atoms with Crippen LogP contribution in [0.5, 0.6) is 11.5 Å². The summed E-state index contributed by atoms with van der Waals surface area (Å²) in [4.78, 5) is 19.1. The molecule has 0 aliphatic carbocycles. The number of ether oxygens (including phenoxy) is 2. The molecule has 0 bridgehead atoms. The lowest BCUT2D eigenvalue weighted by atomic mass is 10.2. The van der Waals surface area contributed by atoms with Crippen molar-refractivity contribution >= 4 is 28.6 Å². The summed E-state index contributed by atoms with van der Waals surface area (Å²) in [5.41, 5.74) is 1.53. The van der Waals surface area contributed by atoms with Crippen molar-refractivity contribution in [2.45, 2.75) is 20.4 Å². The zero-order chi connectivity index (χ0) is 18.5. The van der Waals surface area contributed by atoms with Gasteiger partial charge in [0.25, 0.3) is 5.91 Å². The summed E-state index contributed by atoms with van der Waals surface area (Å²) in [6.45, 7) is 4.92. The number of benzene rings is 1. The second-order valence-electron chi connectivity index (χ2n) is 5.50. The minimum absolute atomic E-state index is 0.147. The number of carbonyl (C=O) groups excluding carboxylic acids is 1. The van der Waals surface area contributed by atoms with Crippen LogP contribution in [0.25, 0.3) is 10.6 Å². The van der Waals surface area contributed by atoms with Crippen molar-refractivity contribution in [1.29, 1.82) is 0 Å². The van der Waals surface area contributed by atoms with E-state index in [4.69, 9.17) is 9.47 Å². The van der Waals surface area contributed by atoms with Crippen molar-refractivity contribution < 1.29 is 14.3 Å². The molecule has 0 fully saturated rings. The lowest BCUT2D eigenvalue weighted by molar-refractivity contribution is 0.0951. The van der Waals surface area contributed by atoms with Crippen LogP contribution in [-0.2, 0) is 6.54 Å². The van der Waals surface area contributed by atoms with Crippen molar-refractivity contribution in [2.75, 3.05) is 13.7 Å². The molecule has 0 aliphatic rings. The van der Waals surface area contributed by atoms with Crippen LogP contribution in [0.3, 0.4) is 0 Å². The molecular weight excluding hydrogens is 368 g/mol. The van der Waals surface area contributed by atoms with Gasteiger partial charge >= 0.3 is 0 Å². The van der Waals surface area contributed by atoms with E-state index >= 15 is 0 Å². The Bertz CT molecular complexity index is 902. The van der Waals surface area contributed by atoms with Crippen molar-refractivity contribution in [3.8, 4) is 22.1 Å². The maximum absolute atomic E-state index is 12.4. The molecule has 2 aromatic heterocycles. The van der Waals surface area contributed by atoms with Gasteiger partial charge in [-0.05, 0) is 44.2 Å². The molecule has 0 radical (unpaired) electrons. The number of aryl methyl sites for hydroxylation is 1. The summed E-state index contributed by atoms with van der Waals surface area (Å²) in [7, 11) is 1.56. The number of thiazole rings is 1. The first-order chi connectivity index (χ1) is 12.6. The molecular formula is C19H20N2O3S2. The number of methoxy groups -OCH3 is 1. The van der Waals surface area contributed by atoms with E-state index in [1.165, 1.54) is 0 Å². The van der Waals surface area contributed by atoms with Crippen LogP contribution in [0.15, 0.2) is 35.7 Å². The average Bonchev–Trinajstić information content (AvgIpc) is 3.29. The van der Waals surface area contributed by atoms with Gasteiger partial charge in [0.2, 0.25) is 0 Å². The Morgan fingerprint density at radius 1 is 1.23 bits per heavy atom. The molecule has 1 aromatic carbocycles. The van der Waals surface area contributed by atoms with E-state index in [9.17, 15) is 4.79 Å². The molecule has 0 saturated carbocycles. The number of nitrogens with one attached hydrogen (secondary N) is 1. The third-order valence-corrected chi connectivity index (χ3v) is 5.56. The van der Waals surface area contributed by atoms with Gasteiger partial charge in [-0.3, -0.25) is 4.79 Å². The number of hydrogen-bond donors (Lipinski definition) is 1. The predicted octanol–water partition coefficient (Wildman–Crippen LogP) is 4.52. The molecule has 0 spiro atoms. The molecule has 26 heavy (non-hydrogen) atoms. The van der Waals surface area contributed by atoms with Crippen LogP contribution in [0, 0.1) is 6.92 Å². The third kappa shape index (κ3) is 4.23. The largest absolute Gasteiger partial charge is 0.493 e. The summed E-state index contributed by atoms with van der Waals surface area (Å²) in [5, 5.41) is 6.05. The molecule has 7 heteroatoms. The number of rotatable bonds is 7. The van der Waals surface area contributed by atoms with E-state index in [1.54, 1.807) is 48.0 Å². The summed E-state index contributed by atoms with van der Waals surface area (Å²) < 4.78 is 10.8. The van der Waals surface area contributed by atoms with Gasteiger partial charge in [-0.25, -0.2) is 4.98 Å². The number of thiophene rings is 1. The maximum atomic E-state index is 12.4. The fourth-order valence-electron chi connectivity index (χ4n) is 2.44. The van der Waals surface area contributed by atoms with E-state index in [0.717, 1.165) is 20.5 Å². The molecule has 1 amide bonds. The summed E-state index contributed by atoms with van der Waals surface area (Å²) in [5.74, 6) is 1.04. The second-order valence-corrected chi connectivity index (χ2v) is 7.73. The number of nitrogens with zero attached hydrogens (tertiary/aromatic N) is 1. The van der Waals surface area contributed by atoms with Crippen molar-refractivity contribution in [3.05, 3.63) is 51.2 Å². The van der Waals surface area contributed by atoms with Crippen molar-refractivity contribution in [2.24, 2.45) is 0 Å². The van der Waals surface area contributed by atoms with Gasteiger partial charge in [0.05, 0.1) is 35.8 Å². The number of aromatic nitrogens is 1. The standard InChI is InChI=1S/C19H20N2O3S2/c1-4-24-16-7-5-13(9-17(16)23-3)19(22)20-10-14-6-8-18(26-14)15-11-25-12(2)21-15/h5-9,11H,4,10H2,1-3H3,(H,20,22). The minimum Gasteiger partial charge on any atom is -0.493 e. The van der Waals surface area contributed by atoms with Gasteiger partial charge in [-0.15, -0.1) is 22.7 Å². The highest BCUT2D eigenvalue weighted by atomic mass is 32.1.